The Morgan fingerprint density at radius 1 is 1.22 bits per heavy atom. The van der Waals surface area contributed by atoms with Crippen LogP contribution in [0.25, 0.3) is 21.8 Å². The second-order valence-corrected chi connectivity index (χ2v) is 4.76. The lowest BCUT2D eigenvalue weighted by molar-refractivity contribution is 0.956. The monoisotopic (exact) mass is 240 g/mol. The summed E-state index contributed by atoms with van der Waals surface area (Å²) < 4.78 is 2.19. The largest absolute Gasteiger partial charge is 0.342 e. The number of para-hydroxylation sites is 1. The molecule has 3 aromatic rings. The highest BCUT2D eigenvalue weighted by Crippen LogP contribution is 2.30. The fraction of sp³-hybridized carbons (Fsp3) is 0.267. The Morgan fingerprint density at radius 2 is 2.00 bits per heavy atom. The van der Waals surface area contributed by atoms with Crippen molar-refractivity contribution in [2.45, 2.75) is 20.3 Å². The third kappa shape index (κ3) is 1.33. The molecule has 2 heterocycles. The first-order valence-electron chi connectivity index (χ1n) is 6.23. The van der Waals surface area contributed by atoms with Gasteiger partial charge in [0.1, 0.15) is 0 Å². The number of aryl methyl sites for hydroxylation is 3. The molecule has 92 valence electrons. The van der Waals surface area contributed by atoms with Crippen molar-refractivity contribution in [3.8, 4) is 0 Å². The summed E-state index contributed by atoms with van der Waals surface area (Å²) in [4.78, 5) is 14.7. The van der Waals surface area contributed by atoms with Crippen LogP contribution in [-0.4, -0.2) is 9.55 Å². The molecule has 0 aliphatic heterocycles. The standard InChI is InChI=1S/C15H16N2O/c1-4-12-15-11(8-13(18)16-12)10-7-5-6-9(2)14(10)17(15)3/h5-8H,4H2,1-3H3,(H,16,18). The molecule has 0 atom stereocenters. The molecular weight excluding hydrogens is 224 g/mol. The molecule has 0 radical (unpaired) electrons. The summed E-state index contributed by atoms with van der Waals surface area (Å²) in [5.74, 6) is 0. The Bertz CT molecular complexity index is 809. The van der Waals surface area contributed by atoms with Crippen LogP contribution < -0.4 is 5.56 Å². The van der Waals surface area contributed by atoms with Gasteiger partial charge in [-0.15, -0.1) is 0 Å². The molecule has 0 bridgehead atoms. The topological polar surface area (TPSA) is 37.8 Å². The number of hydrogen-bond acceptors (Lipinski definition) is 1. The Kier molecular flexibility index (Phi) is 2.30. The predicted molar refractivity (Wildman–Crippen MR) is 75.2 cm³/mol. The van der Waals surface area contributed by atoms with Gasteiger partial charge >= 0.3 is 0 Å². The number of aromatic nitrogens is 2. The van der Waals surface area contributed by atoms with Crippen LogP contribution in [0.4, 0.5) is 0 Å². The van der Waals surface area contributed by atoms with E-state index in [2.05, 4.69) is 42.6 Å². The van der Waals surface area contributed by atoms with Crippen LogP contribution in [0.1, 0.15) is 18.2 Å². The van der Waals surface area contributed by atoms with E-state index in [1.54, 1.807) is 6.07 Å². The summed E-state index contributed by atoms with van der Waals surface area (Å²) in [6.07, 6.45) is 0.829. The second-order valence-electron chi connectivity index (χ2n) is 4.76. The zero-order valence-electron chi connectivity index (χ0n) is 10.9. The van der Waals surface area contributed by atoms with Gasteiger partial charge < -0.3 is 9.55 Å². The molecular formula is C15H16N2O. The minimum Gasteiger partial charge on any atom is -0.342 e. The highest BCUT2D eigenvalue weighted by atomic mass is 16.1. The van der Waals surface area contributed by atoms with Crippen molar-refractivity contribution < 1.29 is 0 Å². The van der Waals surface area contributed by atoms with E-state index >= 15 is 0 Å². The molecule has 0 aliphatic carbocycles. The van der Waals surface area contributed by atoms with Gasteiger partial charge in [0.2, 0.25) is 5.56 Å². The van der Waals surface area contributed by atoms with Crippen LogP contribution in [0.15, 0.2) is 29.1 Å². The summed E-state index contributed by atoms with van der Waals surface area (Å²) in [5.41, 5.74) is 4.58. The van der Waals surface area contributed by atoms with Gasteiger partial charge in [0.05, 0.1) is 11.0 Å². The van der Waals surface area contributed by atoms with E-state index < -0.39 is 0 Å². The van der Waals surface area contributed by atoms with Gasteiger partial charge in [-0.3, -0.25) is 4.79 Å². The Balaban J connectivity index is 2.68. The van der Waals surface area contributed by atoms with Gasteiger partial charge in [0.15, 0.2) is 0 Å². The highest BCUT2D eigenvalue weighted by molar-refractivity contribution is 6.09. The molecule has 2 aromatic heterocycles. The minimum atomic E-state index is -0.0200. The number of H-pyrrole nitrogens is 1. The number of aromatic amines is 1. The number of nitrogens with one attached hydrogen (secondary N) is 1. The number of pyridine rings is 1. The molecule has 0 amide bonds. The fourth-order valence-electron chi connectivity index (χ4n) is 2.88. The van der Waals surface area contributed by atoms with Gasteiger partial charge in [-0.05, 0) is 18.9 Å². The number of rotatable bonds is 1. The van der Waals surface area contributed by atoms with Gasteiger partial charge in [-0.1, -0.05) is 25.1 Å². The number of benzene rings is 1. The van der Waals surface area contributed by atoms with Crippen molar-refractivity contribution in [2.75, 3.05) is 0 Å². The van der Waals surface area contributed by atoms with Gasteiger partial charge in [0.25, 0.3) is 0 Å². The lowest BCUT2D eigenvalue weighted by Crippen LogP contribution is -2.08. The first-order valence-corrected chi connectivity index (χ1v) is 6.23. The normalized spacial score (nSPS) is 11.5. The van der Waals surface area contributed by atoms with Crippen molar-refractivity contribution in [1.29, 1.82) is 0 Å². The first-order chi connectivity index (χ1) is 8.63. The van der Waals surface area contributed by atoms with Crippen LogP contribution in [0.2, 0.25) is 0 Å². The minimum absolute atomic E-state index is 0.0200. The molecule has 3 heteroatoms. The van der Waals surface area contributed by atoms with E-state index in [-0.39, 0.29) is 5.56 Å². The number of fused-ring (bicyclic) bond motifs is 3. The molecule has 3 rings (SSSR count). The van der Waals surface area contributed by atoms with Crippen LogP contribution in [0.3, 0.4) is 0 Å². The summed E-state index contributed by atoms with van der Waals surface area (Å²) >= 11 is 0. The maximum absolute atomic E-state index is 11.7. The summed E-state index contributed by atoms with van der Waals surface area (Å²) in [5, 5.41) is 2.21. The third-order valence-corrected chi connectivity index (χ3v) is 3.64. The molecule has 0 saturated carbocycles. The summed E-state index contributed by atoms with van der Waals surface area (Å²) in [6.45, 7) is 4.17. The van der Waals surface area contributed by atoms with Crippen molar-refractivity contribution in [2.24, 2.45) is 7.05 Å². The molecule has 3 nitrogen and oxygen atoms in total. The fourth-order valence-corrected chi connectivity index (χ4v) is 2.88. The quantitative estimate of drug-likeness (QED) is 0.697. The molecule has 1 aromatic carbocycles. The number of hydrogen-bond donors (Lipinski definition) is 1. The van der Waals surface area contributed by atoms with Gasteiger partial charge in [0, 0.05) is 29.6 Å². The zero-order valence-corrected chi connectivity index (χ0v) is 10.9. The van der Waals surface area contributed by atoms with E-state index in [0.717, 1.165) is 28.4 Å². The summed E-state index contributed by atoms with van der Waals surface area (Å²) in [6, 6.07) is 7.94. The third-order valence-electron chi connectivity index (χ3n) is 3.64. The predicted octanol–water partition coefficient (Wildman–Crippen LogP) is 2.89. The van der Waals surface area contributed by atoms with Gasteiger partial charge in [-0.2, -0.15) is 0 Å². The lowest BCUT2D eigenvalue weighted by atomic mass is 10.1. The molecule has 18 heavy (non-hydrogen) atoms. The molecule has 0 aliphatic rings. The average Bonchev–Trinajstić information content (AvgIpc) is 2.63. The van der Waals surface area contributed by atoms with E-state index in [1.807, 2.05) is 6.07 Å². The van der Waals surface area contributed by atoms with Gasteiger partial charge in [-0.25, -0.2) is 0 Å². The second kappa shape index (κ2) is 3.73. The van der Waals surface area contributed by atoms with Crippen molar-refractivity contribution in [1.82, 2.24) is 9.55 Å². The van der Waals surface area contributed by atoms with Crippen molar-refractivity contribution in [3.05, 3.63) is 45.9 Å². The zero-order chi connectivity index (χ0) is 12.9. The summed E-state index contributed by atoms with van der Waals surface area (Å²) in [7, 11) is 2.06. The molecule has 1 N–H and O–H groups in total. The van der Waals surface area contributed by atoms with Crippen molar-refractivity contribution >= 4 is 21.8 Å². The Hall–Kier alpha value is -2.03. The van der Waals surface area contributed by atoms with E-state index in [9.17, 15) is 4.79 Å². The Morgan fingerprint density at radius 3 is 2.72 bits per heavy atom. The van der Waals surface area contributed by atoms with Crippen LogP contribution in [0, 0.1) is 6.92 Å². The van der Waals surface area contributed by atoms with Crippen LogP contribution in [0.5, 0.6) is 0 Å². The smallest absolute Gasteiger partial charge is 0.248 e. The molecule has 0 unspecified atom stereocenters. The van der Waals surface area contributed by atoms with Crippen molar-refractivity contribution in [3.63, 3.8) is 0 Å². The Labute approximate surface area is 105 Å². The van der Waals surface area contributed by atoms with E-state index in [4.69, 9.17) is 0 Å². The SMILES string of the molecule is CCc1[nH]c(=O)cc2c3cccc(C)c3n(C)c12. The number of nitrogens with zero attached hydrogens (tertiary/aromatic N) is 1. The molecule has 0 fully saturated rings. The average molecular weight is 240 g/mol. The highest BCUT2D eigenvalue weighted by Gasteiger charge is 2.13. The van der Waals surface area contributed by atoms with Crippen LogP contribution in [-0.2, 0) is 13.5 Å². The van der Waals surface area contributed by atoms with E-state index in [1.165, 1.54) is 11.1 Å². The molecule has 0 saturated heterocycles. The van der Waals surface area contributed by atoms with Crippen LogP contribution >= 0.6 is 0 Å². The van der Waals surface area contributed by atoms with E-state index in [0.29, 0.717) is 0 Å². The lowest BCUT2D eigenvalue weighted by Gasteiger charge is -2.04. The maximum Gasteiger partial charge on any atom is 0.248 e. The maximum atomic E-state index is 11.7. The molecule has 0 spiro atoms. The first kappa shape index (κ1) is 11.1.